The molecule has 100 valence electrons. The molecule has 2 aliphatic rings. The van der Waals surface area contributed by atoms with Crippen LogP contribution >= 0.6 is 0 Å². The van der Waals surface area contributed by atoms with Crippen molar-refractivity contribution in [3.05, 3.63) is 0 Å². The highest BCUT2D eigenvalue weighted by Gasteiger charge is 2.28. The summed E-state index contributed by atoms with van der Waals surface area (Å²) >= 11 is 0. The van der Waals surface area contributed by atoms with Crippen molar-refractivity contribution in [3.63, 3.8) is 0 Å². The van der Waals surface area contributed by atoms with Crippen LogP contribution in [0.5, 0.6) is 0 Å². The van der Waals surface area contributed by atoms with Crippen molar-refractivity contribution < 1.29 is 0 Å². The van der Waals surface area contributed by atoms with Gasteiger partial charge < -0.3 is 5.32 Å². The zero-order valence-electron chi connectivity index (χ0n) is 12.0. The van der Waals surface area contributed by atoms with Crippen LogP contribution in [0.3, 0.4) is 0 Å². The minimum Gasteiger partial charge on any atom is -0.311 e. The summed E-state index contributed by atoms with van der Waals surface area (Å²) in [6, 6.07) is 1.64. The molecule has 0 spiro atoms. The Morgan fingerprint density at radius 3 is 2.29 bits per heavy atom. The van der Waals surface area contributed by atoms with Crippen molar-refractivity contribution in [1.82, 2.24) is 5.32 Å². The Labute approximate surface area is 108 Å². The van der Waals surface area contributed by atoms with E-state index in [1.807, 2.05) is 0 Å². The van der Waals surface area contributed by atoms with Gasteiger partial charge in [0, 0.05) is 12.1 Å². The van der Waals surface area contributed by atoms with E-state index in [1.165, 1.54) is 51.4 Å². The van der Waals surface area contributed by atoms with Gasteiger partial charge in [-0.1, -0.05) is 33.6 Å². The van der Waals surface area contributed by atoms with Gasteiger partial charge in [0.05, 0.1) is 0 Å². The summed E-state index contributed by atoms with van der Waals surface area (Å²) in [5, 5.41) is 3.98. The lowest BCUT2D eigenvalue weighted by Gasteiger charge is -2.38. The van der Waals surface area contributed by atoms with Gasteiger partial charge in [-0.2, -0.15) is 0 Å². The molecule has 0 aliphatic heterocycles. The first-order chi connectivity index (χ1) is 8.19. The van der Waals surface area contributed by atoms with Gasteiger partial charge in [-0.15, -0.1) is 0 Å². The molecule has 0 amide bonds. The smallest absolute Gasteiger partial charge is 0.00978 e. The monoisotopic (exact) mass is 237 g/mol. The van der Waals surface area contributed by atoms with E-state index in [9.17, 15) is 0 Å². The topological polar surface area (TPSA) is 12.0 Å². The van der Waals surface area contributed by atoms with Crippen molar-refractivity contribution in [2.45, 2.75) is 84.2 Å². The fourth-order valence-electron chi connectivity index (χ4n) is 3.80. The van der Waals surface area contributed by atoms with Crippen molar-refractivity contribution in [1.29, 1.82) is 0 Å². The van der Waals surface area contributed by atoms with E-state index in [-0.39, 0.29) is 0 Å². The Morgan fingerprint density at radius 1 is 0.941 bits per heavy atom. The van der Waals surface area contributed by atoms with Crippen LogP contribution in [0.15, 0.2) is 0 Å². The summed E-state index contributed by atoms with van der Waals surface area (Å²) in [7, 11) is 0. The highest BCUT2D eigenvalue weighted by molar-refractivity contribution is 4.86. The Hall–Kier alpha value is -0.0400. The number of hydrogen-bond acceptors (Lipinski definition) is 1. The number of rotatable bonds is 3. The summed E-state index contributed by atoms with van der Waals surface area (Å²) < 4.78 is 0. The Morgan fingerprint density at radius 2 is 1.65 bits per heavy atom. The predicted octanol–water partition coefficient (Wildman–Crippen LogP) is 4.37. The maximum atomic E-state index is 3.98. The van der Waals surface area contributed by atoms with Crippen LogP contribution in [-0.4, -0.2) is 12.1 Å². The van der Waals surface area contributed by atoms with Gasteiger partial charge in [-0.3, -0.25) is 0 Å². The van der Waals surface area contributed by atoms with Gasteiger partial charge >= 0.3 is 0 Å². The second-order valence-corrected chi connectivity index (χ2v) is 6.79. The molecule has 17 heavy (non-hydrogen) atoms. The molecule has 0 heterocycles. The first-order valence-corrected chi connectivity index (χ1v) is 7.95. The molecule has 0 radical (unpaired) electrons. The zero-order chi connectivity index (χ0) is 12.3. The molecule has 3 atom stereocenters. The van der Waals surface area contributed by atoms with Gasteiger partial charge in [0.25, 0.3) is 0 Å². The molecule has 2 saturated carbocycles. The number of nitrogens with one attached hydrogen (secondary N) is 1. The van der Waals surface area contributed by atoms with E-state index in [1.54, 1.807) is 0 Å². The third-order valence-corrected chi connectivity index (χ3v) is 5.33. The third kappa shape index (κ3) is 3.71. The molecular formula is C16H31N. The van der Waals surface area contributed by atoms with Gasteiger partial charge in [0.15, 0.2) is 0 Å². The standard InChI is InChI=1S/C16H31N/c1-4-14-7-9-15(10-8-14)17-16-11-12(2)5-6-13(16)3/h12-17H,4-11H2,1-3H3. The van der Waals surface area contributed by atoms with Crippen molar-refractivity contribution in [3.8, 4) is 0 Å². The van der Waals surface area contributed by atoms with Gasteiger partial charge in [0.2, 0.25) is 0 Å². The quantitative estimate of drug-likeness (QED) is 0.768. The first kappa shape index (κ1) is 13.4. The Kier molecular flexibility index (Phi) is 4.90. The normalized spacial score (nSPS) is 43.6. The van der Waals surface area contributed by atoms with Crippen LogP contribution in [0.4, 0.5) is 0 Å². The second kappa shape index (κ2) is 6.22. The Bertz CT molecular complexity index is 218. The molecule has 2 aliphatic carbocycles. The van der Waals surface area contributed by atoms with Crippen LogP contribution in [0.1, 0.15) is 72.1 Å². The highest BCUT2D eigenvalue weighted by Crippen LogP contribution is 2.31. The molecule has 0 saturated heterocycles. The molecule has 0 aromatic heterocycles. The summed E-state index contributed by atoms with van der Waals surface area (Å²) in [6.45, 7) is 7.22. The first-order valence-electron chi connectivity index (χ1n) is 7.95. The molecule has 0 aromatic rings. The van der Waals surface area contributed by atoms with Crippen LogP contribution in [0, 0.1) is 17.8 Å². The van der Waals surface area contributed by atoms with E-state index in [2.05, 4.69) is 26.1 Å². The minimum atomic E-state index is 0.807. The molecule has 0 bridgehead atoms. The fourth-order valence-corrected chi connectivity index (χ4v) is 3.80. The van der Waals surface area contributed by atoms with E-state index >= 15 is 0 Å². The van der Waals surface area contributed by atoms with E-state index in [0.29, 0.717) is 0 Å². The van der Waals surface area contributed by atoms with Crippen molar-refractivity contribution in [2.24, 2.45) is 17.8 Å². The van der Waals surface area contributed by atoms with Gasteiger partial charge in [-0.25, -0.2) is 0 Å². The third-order valence-electron chi connectivity index (χ3n) is 5.33. The highest BCUT2D eigenvalue weighted by atomic mass is 15.0. The fraction of sp³-hybridized carbons (Fsp3) is 1.00. The SMILES string of the molecule is CCC1CCC(NC2CC(C)CCC2C)CC1. The Balaban J connectivity index is 1.76. The molecule has 2 fully saturated rings. The maximum absolute atomic E-state index is 3.98. The maximum Gasteiger partial charge on any atom is 0.00978 e. The summed E-state index contributed by atoms with van der Waals surface area (Å²) in [5.41, 5.74) is 0. The molecule has 1 N–H and O–H groups in total. The molecule has 3 unspecified atom stereocenters. The van der Waals surface area contributed by atoms with Gasteiger partial charge in [-0.05, 0) is 56.3 Å². The lowest BCUT2D eigenvalue weighted by Crippen LogP contribution is -2.46. The van der Waals surface area contributed by atoms with Crippen molar-refractivity contribution in [2.75, 3.05) is 0 Å². The summed E-state index contributed by atoms with van der Waals surface area (Å²) in [4.78, 5) is 0. The minimum absolute atomic E-state index is 0.807. The van der Waals surface area contributed by atoms with Gasteiger partial charge in [0.1, 0.15) is 0 Å². The molecule has 1 nitrogen and oxygen atoms in total. The van der Waals surface area contributed by atoms with Crippen LogP contribution in [0.25, 0.3) is 0 Å². The van der Waals surface area contributed by atoms with Crippen LogP contribution in [-0.2, 0) is 0 Å². The predicted molar refractivity (Wildman–Crippen MR) is 75.1 cm³/mol. The molecule has 1 heteroatoms. The molecule has 0 aromatic carbocycles. The summed E-state index contributed by atoms with van der Waals surface area (Å²) in [5.74, 6) is 2.86. The van der Waals surface area contributed by atoms with Crippen LogP contribution < -0.4 is 5.32 Å². The lowest BCUT2D eigenvalue weighted by molar-refractivity contribution is 0.186. The average molecular weight is 237 g/mol. The summed E-state index contributed by atoms with van der Waals surface area (Å²) in [6.07, 6.45) is 11.5. The average Bonchev–Trinajstić information content (AvgIpc) is 2.35. The largest absolute Gasteiger partial charge is 0.311 e. The van der Waals surface area contributed by atoms with E-state index in [0.717, 1.165) is 29.8 Å². The lowest BCUT2D eigenvalue weighted by atomic mass is 9.78. The zero-order valence-corrected chi connectivity index (χ0v) is 12.0. The van der Waals surface area contributed by atoms with Crippen LogP contribution in [0.2, 0.25) is 0 Å². The number of hydrogen-bond donors (Lipinski definition) is 1. The van der Waals surface area contributed by atoms with Crippen molar-refractivity contribution >= 4 is 0 Å². The molecule has 2 rings (SSSR count). The van der Waals surface area contributed by atoms with E-state index < -0.39 is 0 Å². The second-order valence-electron chi connectivity index (χ2n) is 6.79. The van der Waals surface area contributed by atoms with E-state index in [4.69, 9.17) is 0 Å². The molecular weight excluding hydrogens is 206 g/mol.